The van der Waals surface area contributed by atoms with Crippen LogP contribution in [0, 0.1) is 5.41 Å². The molecular weight excluding hydrogens is 190 g/mol. The molecule has 4 nitrogen and oxygen atoms in total. The monoisotopic (exact) mass is 209 g/mol. The van der Waals surface area contributed by atoms with E-state index in [-0.39, 0.29) is 5.54 Å². The first kappa shape index (κ1) is 10.6. The Hall–Kier alpha value is -0.900. The average Bonchev–Trinajstić information content (AvgIpc) is 2.64. The van der Waals surface area contributed by atoms with Crippen LogP contribution in [0.1, 0.15) is 51.8 Å². The smallest absolute Gasteiger partial charge is 0.213 e. The highest BCUT2D eigenvalue weighted by atomic mass is 16.5. The van der Waals surface area contributed by atoms with Gasteiger partial charge in [0.25, 0.3) is 0 Å². The number of hydrogen-bond donors (Lipinski definition) is 1. The van der Waals surface area contributed by atoms with E-state index < -0.39 is 0 Å². The summed E-state index contributed by atoms with van der Waals surface area (Å²) < 4.78 is 4.78. The van der Waals surface area contributed by atoms with Crippen LogP contribution in [0.5, 0.6) is 0 Å². The molecule has 4 heteroatoms. The van der Waals surface area contributed by atoms with Gasteiger partial charge in [-0.2, -0.15) is 4.98 Å². The lowest BCUT2D eigenvalue weighted by Crippen LogP contribution is -2.37. The van der Waals surface area contributed by atoms with Crippen molar-refractivity contribution in [2.75, 3.05) is 0 Å². The predicted octanol–water partition coefficient (Wildman–Crippen LogP) is 2.21. The van der Waals surface area contributed by atoms with Crippen LogP contribution >= 0.6 is 0 Å². The molecule has 1 unspecified atom stereocenters. The Labute approximate surface area is 90.2 Å². The van der Waals surface area contributed by atoms with Crippen molar-refractivity contribution < 1.29 is 4.52 Å². The first-order valence-electron chi connectivity index (χ1n) is 5.58. The summed E-state index contributed by atoms with van der Waals surface area (Å²) in [4.78, 5) is 4.10. The van der Waals surface area contributed by atoms with Gasteiger partial charge in [0.1, 0.15) is 0 Å². The molecule has 1 heterocycles. The van der Waals surface area contributed by atoms with Crippen molar-refractivity contribution in [3.63, 3.8) is 0 Å². The van der Waals surface area contributed by atoms with Crippen molar-refractivity contribution in [2.24, 2.45) is 11.1 Å². The van der Waals surface area contributed by atoms with Gasteiger partial charge in [-0.05, 0) is 31.1 Å². The molecule has 1 aromatic rings. The molecule has 0 spiro atoms. The second-order valence-electron chi connectivity index (χ2n) is 5.43. The number of nitrogens with zero attached hydrogens (tertiary/aromatic N) is 2. The number of aromatic nitrogens is 2. The van der Waals surface area contributed by atoms with E-state index in [1.54, 1.807) is 0 Å². The van der Waals surface area contributed by atoms with Crippen LogP contribution < -0.4 is 5.73 Å². The standard InChI is InChI=1S/C11H19N3O/c1-10(2)4-3-5-11(12,7-6-10)9-13-8-15-14-9/h8H,3-7,12H2,1-2H3. The van der Waals surface area contributed by atoms with Crippen LogP contribution in [-0.4, -0.2) is 10.1 Å². The third kappa shape index (κ3) is 2.20. The molecule has 0 aliphatic heterocycles. The van der Waals surface area contributed by atoms with Gasteiger partial charge in [-0.25, -0.2) is 0 Å². The Kier molecular flexibility index (Phi) is 2.54. The van der Waals surface area contributed by atoms with Crippen molar-refractivity contribution in [2.45, 2.75) is 51.5 Å². The number of nitrogens with two attached hydrogens (primary N) is 1. The van der Waals surface area contributed by atoms with Gasteiger partial charge in [0, 0.05) is 0 Å². The van der Waals surface area contributed by atoms with Crippen molar-refractivity contribution in [1.29, 1.82) is 0 Å². The molecule has 1 fully saturated rings. The van der Waals surface area contributed by atoms with E-state index in [4.69, 9.17) is 10.3 Å². The Morgan fingerprint density at radius 3 is 2.73 bits per heavy atom. The van der Waals surface area contributed by atoms with E-state index >= 15 is 0 Å². The van der Waals surface area contributed by atoms with E-state index in [0.29, 0.717) is 11.2 Å². The molecule has 0 bridgehead atoms. The van der Waals surface area contributed by atoms with Gasteiger partial charge >= 0.3 is 0 Å². The molecule has 2 rings (SSSR count). The van der Waals surface area contributed by atoms with E-state index in [9.17, 15) is 0 Å². The molecule has 1 aliphatic rings. The molecule has 1 atom stereocenters. The number of rotatable bonds is 1. The number of hydrogen-bond acceptors (Lipinski definition) is 4. The average molecular weight is 209 g/mol. The van der Waals surface area contributed by atoms with Gasteiger partial charge in [0.05, 0.1) is 5.54 Å². The highest BCUT2D eigenvalue weighted by Gasteiger charge is 2.36. The second-order valence-corrected chi connectivity index (χ2v) is 5.43. The minimum Gasteiger partial charge on any atom is -0.343 e. The molecule has 0 amide bonds. The maximum absolute atomic E-state index is 6.36. The molecule has 1 saturated carbocycles. The van der Waals surface area contributed by atoms with Gasteiger partial charge in [-0.1, -0.05) is 25.4 Å². The van der Waals surface area contributed by atoms with Gasteiger partial charge < -0.3 is 10.3 Å². The fraction of sp³-hybridized carbons (Fsp3) is 0.818. The Morgan fingerprint density at radius 2 is 2.07 bits per heavy atom. The molecule has 2 N–H and O–H groups in total. The summed E-state index contributed by atoms with van der Waals surface area (Å²) >= 11 is 0. The van der Waals surface area contributed by atoms with E-state index in [0.717, 1.165) is 25.7 Å². The minimum absolute atomic E-state index is 0.374. The topological polar surface area (TPSA) is 64.9 Å². The highest BCUT2D eigenvalue weighted by Crippen LogP contribution is 2.40. The zero-order valence-electron chi connectivity index (χ0n) is 9.49. The zero-order valence-corrected chi connectivity index (χ0v) is 9.49. The molecule has 1 aliphatic carbocycles. The van der Waals surface area contributed by atoms with Crippen LogP contribution in [0.4, 0.5) is 0 Å². The summed E-state index contributed by atoms with van der Waals surface area (Å²) in [6, 6.07) is 0. The van der Waals surface area contributed by atoms with Gasteiger partial charge in [-0.15, -0.1) is 0 Å². The van der Waals surface area contributed by atoms with E-state index in [1.807, 2.05) is 0 Å². The highest BCUT2D eigenvalue weighted by molar-refractivity contribution is 5.03. The molecule has 84 valence electrons. The summed E-state index contributed by atoms with van der Waals surface area (Å²) in [5.41, 5.74) is 6.38. The van der Waals surface area contributed by atoms with Gasteiger partial charge in [-0.3, -0.25) is 0 Å². The quantitative estimate of drug-likeness (QED) is 0.720. The molecule has 1 aromatic heterocycles. The third-order valence-electron chi connectivity index (χ3n) is 3.53. The summed E-state index contributed by atoms with van der Waals surface area (Å²) in [6.07, 6.45) is 6.75. The van der Waals surface area contributed by atoms with Crippen LogP contribution in [0.3, 0.4) is 0 Å². The van der Waals surface area contributed by atoms with Gasteiger partial charge in [0.2, 0.25) is 6.39 Å². The summed E-state index contributed by atoms with van der Waals surface area (Å²) in [5, 5.41) is 3.89. The maximum atomic E-state index is 6.36. The van der Waals surface area contributed by atoms with Crippen LogP contribution in [0.2, 0.25) is 0 Å². The van der Waals surface area contributed by atoms with E-state index in [2.05, 4.69) is 24.0 Å². The largest absolute Gasteiger partial charge is 0.343 e. The molecule has 15 heavy (non-hydrogen) atoms. The molecule has 0 aromatic carbocycles. The van der Waals surface area contributed by atoms with Crippen LogP contribution in [0.15, 0.2) is 10.9 Å². The summed E-state index contributed by atoms with van der Waals surface area (Å²) in [6.45, 7) is 4.60. The summed E-state index contributed by atoms with van der Waals surface area (Å²) in [7, 11) is 0. The first-order valence-corrected chi connectivity index (χ1v) is 5.58. The molecular formula is C11H19N3O. The van der Waals surface area contributed by atoms with Gasteiger partial charge in [0.15, 0.2) is 5.82 Å². The summed E-state index contributed by atoms with van der Waals surface area (Å²) in [5.74, 6) is 0.667. The minimum atomic E-state index is -0.374. The molecule has 0 radical (unpaired) electrons. The van der Waals surface area contributed by atoms with E-state index in [1.165, 1.54) is 12.8 Å². The van der Waals surface area contributed by atoms with Crippen molar-refractivity contribution >= 4 is 0 Å². The van der Waals surface area contributed by atoms with Crippen LogP contribution in [-0.2, 0) is 5.54 Å². The third-order valence-corrected chi connectivity index (χ3v) is 3.53. The lowest BCUT2D eigenvalue weighted by Gasteiger charge is -2.25. The van der Waals surface area contributed by atoms with Crippen molar-refractivity contribution in [1.82, 2.24) is 10.1 Å². The fourth-order valence-corrected chi connectivity index (χ4v) is 2.31. The normalized spacial score (nSPS) is 31.1. The Bertz CT molecular complexity index is 321. The first-order chi connectivity index (χ1) is 7.02. The van der Waals surface area contributed by atoms with Crippen molar-refractivity contribution in [3.8, 4) is 0 Å². The lowest BCUT2D eigenvalue weighted by atomic mass is 9.83. The fourth-order valence-electron chi connectivity index (χ4n) is 2.31. The predicted molar refractivity (Wildman–Crippen MR) is 57.0 cm³/mol. The molecule has 0 saturated heterocycles. The van der Waals surface area contributed by atoms with Crippen LogP contribution in [0.25, 0.3) is 0 Å². The Balaban J connectivity index is 2.17. The SMILES string of the molecule is CC1(C)CCCC(N)(c2ncon2)CC1. The van der Waals surface area contributed by atoms with Crippen molar-refractivity contribution in [3.05, 3.63) is 12.2 Å². The lowest BCUT2D eigenvalue weighted by molar-refractivity contribution is 0.289. The maximum Gasteiger partial charge on any atom is 0.213 e. The zero-order chi connectivity index (χ0) is 10.9. The Morgan fingerprint density at radius 1 is 1.27 bits per heavy atom. The second kappa shape index (κ2) is 3.59.